The molecule has 0 unspecified atom stereocenters. The minimum atomic E-state index is 0.0668. The highest BCUT2D eigenvalue weighted by atomic mass is 16.2. The highest BCUT2D eigenvalue weighted by molar-refractivity contribution is 5.76. The third-order valence-electron chi connectivity index (χ3n) is 3.09. The number of rotatable bonds is 4. The van der Waals surface area contributed by atoms with Crippen molar-refractivity contribution in [2.75, 3.05) is 19.3 Å². The van der Waals surface area contributed by atoms with Crippen LogP contribution in [0.5, 0.6) is 0 Å². The highest BCUT2D eigenvalue weighted by Crippen LogP contribution is 2.18. The Labute approximate surface area is 112 Å². The molecule has 0 saturated heterocycles. The zero-order valence-corrected chi connectivity index (χ0v) is 11.2. The number of likely N-dealkylation sites (N-methyl/N-ethyl adjacent to an activating group) is 1. The molecule has 0 saturated carbocycles. The molecule has 0 aliphatic heterocycles. The lowest BCUT2D eigenvalue weighted by atomic mass is 10.2. The average molecular weight is 258 g/mol. The third-order valence-corrected chi connectivity index (χ3v) is 3.09. The second-order valence-electron chi connectivity index (χ2n) is 4.41. The average Bonchev–Trinajstić information content (AvgIpc) is 2.86. The number of hydrogen-bond acceptors (Lipinski definition) is 3. The molecule has 1 aromatic carbocycles. The predicted octanol–water partition coefficient (Wildman–Crippen LogP) is 1.61. The molecule has 2 rings (SSSR count). The van der Waals surface area contributed by atoms with Crippen LogP contribution >= 0.6 is 0 Å². The largest absolute Gasteiger partial charge is 0.399 e. The lowest BCUT2D eigenvalue weighted by Gasteiger charge is -2.15. The fourth-order valence-corrected chi connectivity index (χ4v) is 1.77. The summed E-state index contributed by atoms with van der Waals surface area (Å²) >= 11 is 0. The summed E-state index contributed by atoms with van der Waals surface area (Å²) in [5.74, 6) is 0.843. The van der Waals surface area contributed by atoms with E-state index in [9.17, 15) is 4.79 Å². The van der Waals surface area contributed by atoms with Gasteiger partial charge in [0.15, 0.2) is 0 Å². The third kappa shape index (κ3) is 2.93. The number of carbonyl (C=O) groups excluding carboxylic acids is 1. The zero-order valence-electron chi connectivity index (χ0n) is 11.2. The van der Waals surface area contributed by atoms with Crippen LogP contribution in [0.25, 0.3) is 11.4 Å². The molecule has 0 atom stereocenters. The smallest absolute Gasteiger partial charge is 0.242 e. The van der Waals surface area contributed by atoms with Gasteiger partial charge in [-0.25, -0.2) is 4.98 Å². The molecule has 2 N–H and O–H groups in total. The van der Waals surface area contributed by atoms with Crippen molar-refractivity contribution in [3.8, 4) is 11.4 Å². The van der Waals surface area contributed by atoms with Gasteiger partial charge in [0.2, 0.25) is 5.91 Å². The second-order valence-corrected chi connectivity index (χ2v) is 4.41. The maximum atomic E-state index is 11.9. The first kappa shape index (κ1) is 13.1. The molecule has 1 heterocycles. The van der Waals surface area contributed by atoms with Crippen molar-refractivity contribution in [1.82, 2.24) is 14.5 Å². The number of aromatic nitrogens is 2. The van der Waals surface area contributed by atoms with Gasteiger partial charge in [0.25, 0.3) is 0 Å². The molecule has 0 fully saturated rings. The van der Waals surface area contributed by atoms with Crippen LogP contribution in [0, 0.1) is 0 Å². The highest BCUT2D eigenvalue weighted by Gasteiger charge is 2.11. The Hall–Kier alpha value is -2.30. The number of nitrogens with two attached hydrogens (primary N) is 1. The molecular weight excluding hydrogens is 240 g/mol. The molecule has 2 aromatic rings. The van der Waals surface area contributed by atoms with E-state index in [2.05, 4.69) is 4.98 Å². The fraction of sp³-hybridized carbons (Fsp3) is 0.286. The second kappa shape index (κ2) is 5.56. The van der Waals surface area contributed by atoms with Gasteiger partial charge in [-0.15, -0.1) is 0 Å². The Morgan fingerprint density at radius 2 is 2.05 bits per heavy atom. The minimum absolute atomic E-state index is 0.0668. The molecule has 1 aromatic heterocycles. The summed E-state index contributed by atoms with van der Waals surface area (Å²) in [6, 6.07) is 7.47. The first-order chi connectivity index (χ1) is 9.11. The van der Waals surface area contributed by atoms with E-state index in [1.807, 2.05) is 42.0 Å². The van der Waals surface area contributed by atoms with E-state index in [1.165, 1.54) is 0 Å². The van der Waals surface area contributed by atoms with E-state index < -0.39 is 0 Å². The maximum Gasteiger partial charge on any atom is 0.242 e. The number of carbonyl (C=O) groups is 1. The van der Waals surface area contributed by atoms with Crippen LogP contribution in [0.15, 0.2) is 36.7 Å². The number of nitrogen functional groups attached to an aromatic ring is 1. The van der Waals surface area contributed by atoms with Crippen LogP contribution in [0.4, 0.5) is 5.69 Å². The van der Waals surface area contributed by atoms with Crippen molar-refractivity contribution in [3.05, 3.63) is 36.7 Å². The summed E-state index contributed by atoms with van der Waals surface area (Å²) < 4.78 is 1.85. The lowest BCUT2D eigenvalue weighted by Crippen LogP contribution is -2.29. The summed E-state index contributed by atoms with van der Waals surface area (Å²) in [4.78, 5) is 17.9. The van der Waals surface area contributed by atoms with E-state index in [-0.39, 0.29) is 5.91 Å². The molecule has 1 amide bonds. The molecule has 0 radical (unpaired) electrons. The number of imidazole rings is 1. The van der Waals surface area contributed by atoms with Gasteiger partial charge >= 0.3 is 0 Å². The maximum absolute atomic E-state index is 11.9. The van der Waals surface area contributed by atoms with Crippen LogP contribution in [0.3, 0.4) is 0 Å². The molecule has 0 aliphatic carbocycles. The number of benzene rings is 1. The number of amides is 1. The molecule has 100 valence electrons. The summed E-state index contributed by atoms with van der Waals surface area (Å²) in [6.07, 6.45) is 3.51. The lowest BCUT2D eigenvalue weighted by molar-refractivity contribution is -0.130. The summed E-state index contributed by atoms with van der Waals surface area (Å²) in [7, 11) is 1.79. The number of hydrogen-bond donors (Lipinski definition) is 1. The standard InChI is InChI=1S/C14H18N4O/c1-3-17(2)13(19)10-18-9-8-16-14(18)11-4-6-12(15)7-5-11/h4-9H,3,10,15H2,1-2H3. The van der Waals surface area contributed by atoms with Crippen molar-refractivity contribution in [2.45, 2.75) is 13.5 Å². The Kier molecular flexibility index (Phi) is 3.85. The van der Waals surface area contributed by atoms with Crippen molar-refractivity contribution < 1.29 is 4.79 Å². The van der Waals surface area contributed by atoms with E-state index in [4.69, 9.17) is 5.73 Å². The van der Waals surface area contributed by atoms with Crippen molar-refractivity contribution in [2.24, 2.45) is 0 Å². The van der Waals surface area contributed by atoms with Crippen molar-refractivity contribution in [1.29, 1.82) is 0 Å². The molecule has 0 spiro atoms. The zero-order chi connectivity index (χ0) is 13.8. The van der Waals surface area contributed by atoms with Crippen molar-refractivity contribution in [3.63, 3.8) is 0 Å². The van der Waals surface area contributed by atoms with E-state index in [0.717, 1.165) is 11.4 Å². The summed E-state index contributed by atoms with van der Waals surface area (Å²) in [5.41, 5.74) is 7.33. The van der Waals surface area contributed by atoms with Crippen molar-refractivity contribution >= 4 is 11.6 Å². The summed E-state index contributed by atoms with van der Waals surface area (Å²) in [6.45, 7) is 2.95. The van der Waals surface area contributed by atoms with Crippen LogP contribution < -0.4 is 5.73 Å². The van der Waals surface area contributed by atoms with Crippen LogP contribution in [-0.2, 0) is 11.3 Å². The monoisotopic (exact) mass is 258 g/mol. The summed E-state index contributed by atoms with van der Waals surface area (Å²) in [5, 5.41) is 0. The van der Waals surface area contributed by atoms with Gasteiger partial charge in [0.05, 0.1) is 0 Å². The normalized spacial score (nSPS) is 10.4. The van der Waals surface area contributed by atoms with Gasteiger partial charge in [-0.05, 0) is 31.2 Å². The Bertz CT molecular complexity index is 559. The Morgan fingerprint density at radius 3 is 2.68 bits per heavy atom. The number of anilines is 1. The van der Waals surface area contributed by atoms with Crippen LogP contribution in [-0.4, -0.2) is 34.0 Å². The quantitative estimate of drug-likeness (QED) is 0.847. The first-order valence-electron chi connectivity index (χ1n) is 6.23. The van der Waals surface area contributed by atoms with E-state index >= 15 is 0 Å². The first-order valence-corrected chi connectivity index (χ1v) is 6.23. The molecule has 5 nitrogen and oxygen atoms in total. The van der Waals surface area contributed by atoms with Gasteiger partial charge < -0.3 is 15.2 Å². The van der Waals surface area contributed by atoms with E-state index in [1.54, 1.807) is 18.1 Å². The van der Waals surface area contributed by atoms with Gasteiger partial charge in [-0.3, -0.25) is 4.79 Å². The Balaban J connectivity index is 2.23. The van der Waals surface area contributed by atoms with Crippen LogP contribution in [0.1, 0.15) is 6.92 Å². The van der Waals surface area contributed by atoms with E-state index in [0.29, 0.717) is 18.8 Å². The van der Waals surface area contributed by atoms with Gasteiger partial charge in [-0.2, -0.15) is 0 Å². The Morgan fingerprint density at radius 1 is 1.37 bits per heavy atom. The molecule has 0 bridgehead atoms. The fourth-order valence-electron chi connectivity index (χ4n) is 1.77. The number of nitrogens with zero attached hydrogens (tertiary/aromatic N) is 3. The SMILES string of the molecule is CCN(C)C(=O)Cn1ccnc1-c1ccc(N)cc1. The molecule has 0 aliphatic rings. The molecular formula is C14H18N4O. The molecule has 5 heteroatoms. The van der Waals surface area contributed by atoms with Gasteiger partial charge in [0.1, 0.15) is 12.4 Å². The minimum Gasteiger partial charge on any atom is -0.399 e. The van der Waals surface area contributed by atoms with Gasteiger partial charge in [-0.1, -0.05) is 0 Å². The predicted molar refractivity (Wildman–Crippen MR) is 75.4 cm³/mol. The van der Waals surface area contributed by atoms with Gasteiger partial charge in [0, 0.05) is 37.2 Å². The van der Waals surface area contributed by atoms with Crippen LogP contribution in [0.2, 0.25) is 0 Å². The molecule has 19 heavy (non-hydrogen) atoms. The topological polar surface area (TPSA) is 64.2 Å².